The van der Waals surface area contributed by atoms with Gasteiger partial charge in [-0.1, -0.05) is 35.3 Å². The predicted molar refractivity (Wildman–Crippen MR) is 141 cm³/mol. The normalized spacial score (nSPS) is 11.8. The van der Waals surface area contributed by atoms with Crippen LogP contribution in [-0.4, -0.2) is 35.3 Å². The minimum atomic E-state index is -0.681. The molecule has 0 aliphatic heterocycles. The zero-order valence-corrected chi connectivity index (χ0v) is 20.7. The van der Waals surface area contributed by atoms with Crippen molar-refractivity contribution in [2.75, 3.05) is 19.0 Å². The average Bonchev–Trinajstić information content (AvgIpc) is 2.87. The van der Waals surface area contributed by atoms with Gasteiger partial charge in [-0.25, -0.2) is 4.98 Å². The van der Waals surface area contributed by atoms with E-state index in [1.165, 1.54) is 31.5 Å². The Morgan fingerprint density at radius 3 is 2.67 bits per heavy atom. The minimum Gasteiger partial charge on any atom is -0.481 e. The van der Waals surface area contributed by atoms with Gasteiger partial charge in [0.05, 0.1) is 23.3 Å². The Hall–Kier alpha value is -3.72. The molecule has 0 saturated heterocycles. The molecule has 2 heterocycles. The number of halogens is 2. The molecular formula is C26H22Cl2N4O4. The van der Waals surface area contributed by atoms with E-state index in [2.05, 4.69) is 15.3 Å². The second-order valence-corrected chi connectivity index (χ2v) is 8.93. The van der Waals surface area contributed by atoms with Crippen molar-refractivity contribution in [1.82, 2.24) is 9.97 Å². The van der Waals surface area contributed by atoms with Crippen molar-refractivity contribution in [3.63, 3.8) is 0 Å². The number of amides is 1. The van der Waals surface area contributed by atoms with Gasteiger partial charge in [-0.3, -0.25) is 14.4 Å². The van der Waals surface area contributed by atoms with E-state index in [4.69, 9.17) is 33.7 Å². The SMILES string of the molecule is COc1cc2[nH]c(=O)c(C(=O)Nc3cc(C(=O)CC(CN)c4cccc(Cl)c4)ccc3Cl)cc2cn1. The van der Waals surface area contributed by atoms with Crippen LogP contribution in [0.3, 0.4) is 0 Å². The number of hydrogen-bond donors (Lipinski definition) is 3. The summed E-state index contributed by atoms with van der Waals surface area (Å²) in [6, 6.07) is 14.8. The topological polar surface area (TPSA) is 127 Å². The molecule has 8 nitrogen and oxygen atoms in total. The van der Waals surface area contributed by atoms with E-state index in [9.17, 15) is 14.4 Å². The van der Waals surface area contributed by atoms with E-state index in [0.29, 0.717) is 27.4 Å². The lowest BCUT2D eigenvalue weighted by molar-refractivity contribution is 0.0972. The summed E-state index contributed by atoms with van der Waals surface area (Å²) in [5.74, 6) is -0.760. The van der Waals surface area contributed by atoms with Crippen molar-refractivity contribution >= 4 is 51.5 Å². The van der Waals surface area contributed by atoms with E-state index in [-0.39, 0.29) is 40.9 Å². The first kappa shape index (κ1) is 25.4. The summed E-state index contributed by atoms with van der Waals surface area (Å²) < 4.78 is 5.06. The average molecular weight is 525 g/mol. The highest BCUT2D eigenvalue weighted by molar-refractivity contribution is 6.34. The molecule has 4 aromatic rings. The highest BCUT2D eigenvalue weighted by atomic mass is 35.5. The molecule has 4 N–H and O–H groups in total. The van der Waals surface area contributed by atoms with Crippen LogP contribution in [0, 0.1) is 0 Å². The van der Waals surface area contributed by atoms with Crippen LogP contribution in [0.1, 0.15) is 38.6 Å². The molecule has 4 rings (SSSR count). The summed E-state index contributed by atoms with van der Waals surface area (Å²) in [6.07, 6.45) is 1.63. The van der Waals surface area contributed by atoms with Gasteiger partial charge in [-0.15, -0.1) is 0 Å². The summed E-state index contributed by atoms with van der Waals surface area (Å²) >= 11 is 12.4. The Labute approximate surface area is 216 Å². The number of rotatable bonds is 8. The number of ether oxygens (including phenoxy) is 1. The molecule has 184 valence electrons. The first-order chi connectivity index (χ1) is 17.3. The molecule has 10 heteroatoms. The number of aromatic nitrogens is 2. The molecule has 0 fully saturated rings. The standard InChI is InChI=1S/C26H22Cl2N4O4/c1-36-24-11-21-17(13-30-24)8-19(25(34)31-21)26(35)32-22-9-15(5-6-20(22)28)23(33)10-16(12-29)14-3-2-4-18(27)7-14/h2-9,11,13,16H,10,12,29H2,1H3,(H,31,34)(H,32,35). The fourth-order valence-corrected chi connectivity index (χ4v) is 4.15. The van der Waals surface area contributed by atoms with Crippen LogP contribution >= 0.6 is 23.2 Å². The highest BCUT2D eigenvalue weighted by Crippen LogP contribution is 2.28. The lowest BCUT2D eigenvalue weighted by atomic mass is 9.91. The number of benzene rings is 2. The van der Waals surface area contributed by atoms with E-state index in [1.807, 2.05) is 12.1 Å². The second kappa shape index (κ2) is 10.9. The van der Waals surface area contributed by atoms with Crippen LogP contribution in [0.4, 0.5) is 5.69 Å². The van der Waals surface area contributed by atoms with Crippen LogP contribution in [0.15, 0.2) is 65.6 Å². The molecule has 1 amide bonds. The van der Waals surface area contributed by atoms with Gasteiger partial charge in [-0.05, 0) is 48.5 Å². The lowest BCUT2D eigenvalue weighted by Gasteiger charge is -2.15. The number of hydrogen-bond acceptors (Lipinski definition) is 6. The third kappa shape index (κ3) is 5.57. The third-order valence-electron chi connectivity index (χ3n) is 5.73. The molecule has 0 saturated carbocycles. The Morgan fingerprint density at radius 2 is 1.94 bits per heavy atom. The van der Waals surface area contributed by atoms with Crippen molar-refractivity contribution in [2.24, 2.45) is 5.73 Å². The van der Waals surface area contributed by atoms with Crippen molar-refractivity contribution in [3.8, 4) is 5.88 Å². The number of Topliss-reactive ketones (excluding diaryl/α,β-unsaturated/α-hetero) is 1. The number of H-pyrrole nitrogens is 1. The Bertz CT molecular complexity index is 1520. The second-order valence-electron chi connectivity index (χ2n) is 8.09. The molecular weight excluding hydrogens is 503 g/mol. The Morgan fingerprint density at radius 1 is 1.14 bits per heavy atom. The number of pyridine rings is 2. The number of anilines is 1. The van der Waals surface area contributed by atoms with Crippen LogP contribution in [-0.2, 0) is 0 Å². The van der Waals surface area contributed by atoms with E-state index in [1.54, 1.807) is 24.3 Å². The molecule has 0 spiro atoms. The van der Waals surface area contributed by atoms with Gasteiger partial charge in [0.15, 0.2) is 5.78 Å². The van der Waals surface area contributed by atoms with Gasteiger partial charge >= 0.3 is 0 Å². The molecule has 1 unspecified atom stereocenters. The van der Waals surface area contributed by atoms with Crippen LogP contribution < -0.4 is 21.3 Å². The molecule has 2 aromatic heterocycles. The Kier molecular flexibility index (Phi) is 7.69. The maximum atomic E-state index is 13.0. The maximum Gasteiger partial charge on any atom is 0.261 e. The molecule has 1 atom stereocenters. The summed E-state index contributed by atoms with van der Waals surface area (Å²) in [5.41, 5.74) is 7.08. The molecule has 0 aliphatic carbocycles. The highest BCUT2D eigenvalue weighted by Gasteiger charge is 2.19. The van der Waals surface area contributed by atoms with Crippen LogP contribution in [0.2, 0.25) is 10.0 Å². The quantitative estimate of drug-likeness (QED) is 0.284. The lowest BCUT2D eigenvalue weighted by Crippen LogP contribution is -2.23. The van der Waals surface area contributed by atoms with Gasteiger partial charge in [0.25, 0.3) is 11.5 Å². The molecule has 0 radical (unpaired) electrons. The van der Waals surface area contributed by atoms with E-state index < -0.39 is 11.5 Å². The zero-order chi connectivity index (χ0) is 25.8. The van der Waals surface area contributed by atoms with E-state index >= 15 is 0 Å². The fraction of sp³-hybridized carbons (Fsp3) is 0.154. The maximum absolute atomic E-state index is 13.0. The largest absolute Gasteiger partial charge is 0.481 e. The number of nitrogens with zero attached hydrogens (tertiary/aromatic N) is 1. The number of nitrogens with two attached hydrogens (primary N) is 1. The number of methoxy groups -OCH3 is 1. The Balaban J connectivity index is 1.56. The third-order valence-corrected chi connectivity index (χ3v) is 6.29. The van der Waals surface area contributed by atoms with Gasteiger partial charge < -0.3 is 20.8 Å². The number of aromatic amines is 1. The van der Waals surface area contributed by atoms with Crippen molar-refractivity contribution in [1.29, 1.82) is 0 Å². The zero-order valence-electron chi connectivity index (χ0n) is 19.2. The van der Waals surface area contributed by atoms with Gasteiger partial charge in [0.1, 0.15) is 5.56 Å². The van der Waals surface area contributed by atoms with E-state index in [0.717, 1.165) is 5.56 Å². The number of fused-ring (bicyclic) bond motifs is 1. The van der Waals surface area contributed by atoms with Gasteiger partial charge in [0, 0.05) is 40.6 Å². The molecule has 0 aliphatic rings. The van der Waals surface area contributed by atoms with Crippen molar-refractivity contribution < 1.29 is 14.3 Å². The van der Waals surface area contributed by atoms with Crippen molar-refractivity contribution in [3.05, 3.63) is 97.9 Å². The minimum absolute atomic E-state index is 0.133. The van der Waals surface area contributed by atoms with Crippen molar-refractivity contribution in [2.45, 2.75) is 12.3 Å². The first-order valence-corrected chi connectivity index (χ1v) is 11.7. The van der Waals surface area contributed by atoms with Crippen LogP contribution in [0.5, 0.6) is 5.88 Å². The summed E-state index contributed by atoms with van der Waals surface area (Å²) in [4.78, 5) is 45.2. The van der Waals surface area contributed by atoms with Crippen LogP contribution in [0.25, 0.3) is 10.9 Å². The number of carbonyl (C=O) groups excluding carboxylic acids is 2. The van der Waals surface area contributed by atoms with Gasteiger partial charge in [-0.2, -0.15) is 0 Å². The first-order valence-electron chi connectivity index (χ1n) is 11.0. The number of nitrogens with one attached hydrogen (secondary N) is 2. The number of ketones is 1. The molecule has 2 aromatic carbocycles. The predicted octanol–water partition coefficient (Wildman–Crippen LogP) is 4.81. The monoisotopic (exact) mass is 524 g/mol. The fourth-order valence-electron chi connectivity index (χ4n) is 3.78. The number of carbonyl (C=O) groups is 2. The summed E-state index contributed by atoms with van der Waals surface area (Å²) in [7, 11) is 1.46. The molecule has 36 heavy (non-hydrogen) atoms. The smallest absolute Gasteiger partial charge is 0.261 e. The molecule has 0 bridgehead atoms. The summed E-state index contributed by atoms with van der Waals surface area (Å²) in [6.45, 7) is 0.259. The summed E-state index contributed by atoms with van der Waals surface area (Å²) in [5, 5.41) is 3.95. The van der Waals surface area contributed by atoms with Gasteiger partial charge in [0.2, 0.25) is 5.88 Å².